The molecule has 0 saturated heterocycles. The summed E-state index contributed by atoms with van der Waals surface area (Å²) in [4.78, 5) is 21.7. The van der Waals surface area contributed by atoms with Crippen LogP contribution in [0.2, 0.25) is 0 Å². The lowest BCUT2D eigenvalue weighted by atomic mass is 10.0. The van der Waals surface area contributed by atoms with Crippen LogP contribution in [0.4, 0.5) is 0 Å². The van der Waals surface area contributed by atoms with Gasteiger partial charge in [-0.05, 0) is 24.1 Å². The van der Waals surface area contributed by atoms with E-state index in [4.69, 9.17) is 4.74 Å². The second-order valence-corrected chi connectivity index (χ2v) is 7.64. The Balaban J connectivity index is 1.98. The van der Waals surface area contributed by atoms with Gasteiger partial charge in [-0.15, -0.1) is 0 Å². The van der Waals surface area contributed by atoms with Crippen molar-refractivity contribution in [1.29, 1.82) is 0 Å². The van der Waals surface area contributed by atoms with E-state index in [1.165, 1.54) is 76.7 Å². The molecule has 1 aromatic carbocycles. The van der Waals surface area contributed by atoms with Crippen molar-refractivity contribution in [3.8, 4) is 5.75 Å². The Morgan fingerprint density at radius 1 is 0.862 bits per heavy atom. The molecule has 0 aliphatic carbocycles. The normalized spacial score (nSPS) is 11.1. The SMILES string of the molecule is CCCCCCCCCCCCCCCC(=O)Oc1ccc(C=C[N+](=O)[O-])cc1. The summed E-state index contributed by atoms with van der Waals surface area (Å²) in [6, 6.07) is 6.68. The van der Waals surface area contributed by atoms with Crippen molar-refractivity contribution < 1.29 is 14.5 Å². The predicted molar refractivity (Wildman–Crippen MR) is 118 cm³/mol. The first-order chi connectivity index (χ1) is 14.1. The van der Waals surface area contributed by atoms with E-state index in [2.05, 4.69) is 6.92 Å². The highest BCUT2D eigenvalue weighted by molar-refractivity contribution is 5.72. The number of benzene rings is 1. The molecule has 0 radical (unpaired) electrons. The molecule has 1 aromatic rings. The molecule has 0 heterocycles. The van der Waals surface area contributed by atoms with Crippen LogP contribution in [-0.2, 0) is 4.79 Å². The number of hydrogen-bond donors (Lipinski definition) is 0. The molecule has 0 aliphatic heterocycles. The molecule has 5 heteroatoms. The van der Waals surface area contributed by atoms with Gasteiger partial charge in [0, 0.05) is 12.5 Å². The van der Waals surface area contributed by atoms with Crippen molar-refractivity contribution in [1.82, 2.24) is 0 Å². The van der Waals surface area contributed by atoms with Gasteiger partial charge in [0.1, 0.15) is 5.75 Å². The molecule has 0 fully saturated rings. The second-order valence-electron chi connectivity index (χ2n) is 7.64. The van der Waals surface area contributed by atoms with Gasteiger partial charge in [0.15, 0.2) is 0 Å². The summed E-state index contributed by atoms with van der Waals surface area (Å²) in [7, 11) is 0. The molecule has 0 bridgehead atoms. The topological polar surface area (TPSA) is 69.4 Å². The van der Waals surface area contributed by atoms with Gasteiger partial charge in [-0.2, -0.15) is 0 Å². The van der Waals surface area contributed by atoms with Crippen molar-refractivity contribution in [3.05, 3.63) is 46.1 Å². The molecule has 0 spiro atoms. The molecule has 0 N–H and O–H groups in total. The van der Waals surface area contributed by atoms with E-state index in [0.717, 1.165) is 19.0 Å². The zero-order valence-electron chi connectivity index (χ0n) is 17.9. The van der Waals surface area contributed by atoms with Crippen molar-refractivity contribution in [2.45, 2.75) is 96.8 Å². The number of nitrogens with zero attached hydrogens (tertiary/aromatic N) is 1. The maximum atomic E-state index is 11.9. The molecule has 0 aromatic heterocycles. The monoisotopic (exact) mass is 403 g/mol. The van der Waals surface area contributed by atoms with E-state index < -0.39 is 4.92 Å². The van der Waals surface area contributed by atoms with E-state index in [0.29, 0.717) is 17.7 Å². The predicted octanol–water partition coefficient (Wildman–Crippen LogP) is 7.32. The lowest BCUT2D eigenvalue weighted by Crippen LogP contribution is -2.07. The highest BCUT2D eigenvalue weighted by atomic mass is 16.6. The van der Waals surface area contributed by atoms with E-state index in [9.17, 15) is 14.9 Å². The number of carbonyl (C=O) groups excluding carboxylic acids is 1. The highest BCUT2D eigenvalue weighted by Gasteiger charge is 2.05. The Kier molecular flexibility index (Phi) is 14.4. The second kappa shape index (κ2) is 16.8. The number of esters is 1. The summed E-state index contributed by atoms with van der Waals surface area (Å²) in [6.07, 6.45) is 19.3. The molecule has 162 valence electrons. The highest BCUT2D eigenvalue weighted by Crippen LogP contribution is 2.16. The zero-order valence-corrected chi connectivity index (χ0v) is 17.9. The molecule has 29 heavy (non-hydrogen) atoms. The molecule has 0 saturated carbocycles. The Morgan fingerprint density at radius 3 is 1.83 bits per heavy atom. The Hall–Kier alpha value is -2.17. The van der Waals surface area contributed by atoms with Crippen molar-refractivity contribution >= 4 is 12.0 Å². The van der Waals surface area contributed by atoms with Gasteiger partial charge in [0.25, 0.3) is 0 Å². The van der Waals surface area contributed by atoms with Crippen LogP contribution in [0.5, 0.6) is 5.75 Å². The van der Waals surface area contributed by atoms with E-state index in [1.54, 1.807) is 24.3 Å². The first kappa shape index (κ1) is 24.9. The lowest BCUT2D eigenvalue weighted by molar-refractivity contribution is -0.400. The fourth-order valence-corrected chi connectivity index (χ4v) is 3.26. The van der Waals surface area contributed by atoms with Crippen LogP contribution in [0.3, 0.4) is 0 Å². The van der Waals surface area contributed by atoms with Crippen molar-refractivity contribution in [3.63, 3.8) is 0 Å². The molecule has 1 rings (SSSR count). The van der Waals surface area contributed by atoms with Gasteiger partial charge in [-0.3, -0.25) is 14.9 Å². The van der Waals surface area contributed by atoms with Gasteiger partial charge in [0.2, 0.25) is 6.20 Å². The summed E-state index contributed by atoms with van der Waals surface area (Å²) < 4.78 is 5.31. The largest absolute Gasteiger partial charge is 0.427 e. The van der Waals surface area contributed by atoms with Crippen LogP contribution in [0.1, 0.15) is 102 Å². The van der Waals surface area contributed by atoms with Crippen LogP contribution in [0.25, 0.3) is 6.08 Å². The number of hydrogen-bond acceptors (Lipinski definition) is 4. The average Bonchev–Trinajstić information content (AvgIpc) is 2.71. The maximum Gasteiger partial charge on any atom is 0.311 e. The average molecular weight is 404 g/mol. The molecule has 5 nitrogen and oxygen atoms in total. The first-order valence-electron chi connectivity index (χ1n) is 11.2. The molecular formula is C24H37NO4. The molecular weight excluding hydrogens is 366 g/mol. The third-order valence-corrected chi connectivity index (χ3v) is 4.98. The molecule has 0 atom stereocenters. The first-order valence-corrected chi connectivity index (χ1v) is 11.2. The minimum atomic E-state index is -0.510. The van der Waals surface area contributed by atoms with Crippen LogP contribution < -0.4 is 4.74 Å². The quantitative estimate of drug-likeness (QED) is 0.0898. The third-order valence-electron chi connectivity index (χ3n) is 4.98. The maximum absolute atomic E-state index is 11.9. The lowest BCUT2D eigenvalue weighted by Gasteiger charge is -2.05. The van der Waals surface area contributed by atoms with Gasteiger partial charge >= 0.3 is 5.97 Å². The van der Waals surface area contributed by atoms with E-state index in [1.807, 2.05) is 0 Å². The number of unbranched alkanes of at least 4 members (excludes halogenated alkanes) is 12. The summed E-state index contributed by atoms with van der Waals surface area (Å²) in [5.41, 5.74) is 0.693. The Morgan fingerprint density at radius 2 is 1.34 bits per heavy atom. The van der Waals surface area contributed by atoms with Crippen LogP contribution in [-0.4, -0.2) is 10.9 Å². The standard InChI is InChI=1S/C24H37NO4/c1-2-3-4-5-6-7-8-9-10-11-12-13-14-15-24(26)29-23-18-16-22(17-19-23)20-21-25(27)28/h16-21H,2-15H2,1H3. The van der Waals surface area contributed by atoms with E-state index in [-0.39, 0.29) is 5.97 Å². The minimum absolute atomic E-state index is 0.221. The van der Waals surface area contributed by atoms with E-state index >= 15 is 0 Å². The number of carbonyl (C=O) groups is 1. The number of rotatable bonds is 17. The van der Waals surface area contributed by atoms with Crippen molar-refractivity contribution in [2.75, 3.05) is 0 Å². The van der Waals surface area contributed by atoms with Gasteiger partial charge in [-0.1, -0.05) is 96.1 Å². The van der Waals surface area contributed by atoms with Gasteiger partial charge < -0.3 is 4.74 Å². The third kappa shape index (κ3) is 14.5. The molecule has 0 amide bonds. The Labute approximate surface area is 175 Å². The van der Waals surface area contributed by atoms with Crippen LogP contribution in [0.15, 0.2) is 30.5 Å². The summed E-state index contributed by atoms with van der Waals surface area (Å²) in [6.45, 7) is 2.25. The fourth-order valence-electron chi connectivity index (χ4n) is 3.26. The molecule has 0 unspecified atom stereocenters. The summed E-state index contributed by atoms with van der Waals surface area (Å²) in [5.74, 6) is 0.254. The fraction of sp³-hybridized carbons (Fsp3) is 0.625. The summed E-state index contributed by atoms with van der Waals surface area (Å²) in [5, 5.41) is 10.3. The Bertz CT molecular complexity index is 595. The van der Waals surface area contributed by atoms with Crippen LogP contribution in [0, 0.1) is 10.1 Å². The minimum Gasteiger partial charge on any atom is -0.427 e. The number of nitro groups is 1. The smallest absolute Gasteiger partial charge is 0.311 e. The van der Waals surface area contributed by atoms with Gasteiger partial charge in [-0.25, -0.2) is 0 Å². The summed E-state index contributed by atoms with van der Waals surface area (Å²) >= 11 is 0. The van der Waals surface area contributed by atoms with Crippen molar-refractivity contribution in [2.24, 2.45) is 0 Å². The zero-order chi connectivity index (χ0) is 21.2. The van der Waals surface area contributed by atoms with Gasteiger partial charge in [0.05, 0.1) is 4.92 Å². The van der Waals surface area contributed by atoms with Crippen LogP contribution >= 0.6 is 0 Å². The number of ether oxygens (including phenoxy) is 1. The molecule has 0 aliphatic rings.